The van der Waals surface area contributed by atoms with Gasteiger partial charge in [0.2, 0.25) is 0 Å². The number of para-hydroxylation sites is 2. The molecule has 5 nitrogen and oxygen atoms in total. The van der Waals surface area contributed by atoms with Crippen molar-refractivity contribution in [1.82, 2.24) is 10.6 Å². The normalized spacial score (nSPS) is 32.0. The van der Waals surface area contributed by atoms with Crippen LogP contribution in [0.3, 0.4) is 0 Å². The number of nitrogens with one attached hydrogen (secondary N) is 2. The summed E-state index contributed by atoms with van der Waals surface area (Å²) >= 11 is 0. The Morgan fingerprint density at radius 3 is 2.19 bits per heavy atom. The monoisotopic (exact) mass is 372 g/mol. The van der Waals surface area contributed by atoms with Crippen molar-refractivity contribution in [3.63, 3.8) is 0 Å². The Bertz CT molecular complexity index is 640. The second-order valence-electron chi connectivity index (χ2n) is 8.82. The van der Waals surface area contributed by atoms with Gasteiger partial charge in [-0.05, 0) is 87.7 Å². The zero-order valence-corrected chi connectivity index (χ0v) is 16.5. The molecule has 4 aliphatic rings. The number of urea groups is 1. The summed E-state index contributed by atoms with van der Waals surface area (Å²) in [7, 11) is 0. The van der Waals surface area contributed by atoms with Crippen molar-refractivity contribution in [2.75, 3.05) is 13.3 Å². The van der Waals surface area contributed by atoms with E-state index < -0.39 is 0 Å². The Balaban J connectivity index is 1.27. The Labute approximate surface area is 162 Å². The molecular formula is C22H32N2O3. The first kappa shape index (κ1) is 18.5. The highest BCUT2D eigenvalue weighted by molar-refractivity contribution is 5.74. The summed E-state index contributed by atoms with van der Waals surface area (Å²) < 4.78 is 11.2. The maximum atomic E-state index is 12.4. The van der Waals surface area contributed by atoms with Crippen LogP contribution >= 0.6 is 0 Å². The second kappa shape index (κ2) is 7.61. The van der Waals surface area contributed by atoms with Gasteiger partial charge in [-0.15, -0.1) is 0 Å². The van der Waals surface area contributed by atoms with Gasteiger partial charge in [-0.3, -0.25) is 0 Å². The third-order valence-corrected chi connectivity index (χ3v) is 6.96. The summed E-state index contributed by atoms with van der Waals surface area (Å²) in [5, 5.41) is 6.04. The molecule has 0 heterocycles. The Morgan fingerprint density at radius 2 is 1.63 bits per heavy atom. The molecule has 0 saturated heterocycles. The van der Waals surface area contributed by atoms with Crippen molar-refractivity contribution in [3.8, 4) is 11.5 Å². The predicted molar refractivity (Wildman–Crippen MR) is 105 cm³/mol. The first-order valence-corrected chi connectivity index (χ1v) is 10.5. The Kier molecular flexibility index (Phi) is 5.20. The zero-order chi connectivity index (χ0) is 18.9. The molecule has 4 aliphatic carbocycles. The maximum Gasteiger partial charge on any atom is 0.317 e. The van der Waals surface area contributed by atoms with Crippen LogP contribution in [0.5, 0.6) is 11.5 Å². The van der Waals surface area contributed by atoms with Crippen LogP contribution in [0.2, 0.25) is 0 Å². The van der Waals surface area contributed by atoms with Gasteiger partial charge in [0, 0.05) is 6.04 Å². The summed E-state index contributed by atoms with van der Waals surface area (Å²) in [6, 6.07) is 7.59. The lowest BCUT2D eigenvalue weighted by Crippen LogP contribution is -2.57. The van der Waals surface area contributed by atoms with E-state index in [1.807, 2.05) is 31.2 Å². The number of rotatable bonds is 7. The van der Waals surface area contributed by atoms with Crippen molar-refractivity contribution >= 4 is 6.03 Å². The van der Waals surface area contributed by atoms with Crippen molar-refractivity contribution in [3.05, 3.63) is 24.3 Å². The van der Waals surface area contributed by atoms with Gasteiger partial charge in [0.15, 0.2) is 18.2 Å². The fourth-order valence-corrected chi connectivity index (χ4v) is 6.13. The molecule has 0 aliphatic heterocycles. The van der Waals surface area contributed by atoms with Crippen LogP contribution in [0, 0.1) is 23.2 Å². The highest BCUT2D eigenvalue weighted by Crippen LogP contribution is 2.61. The first-order chi connectivity index (χ1) is 13.1. The summed E-state index contributed by atoms with van der Waals surface area (Å²) in [5.41, 5.74) is 0.314. The number of ether oxygens (including phenoxy) is 2. The van der Waals surface area contributed by atoms with E-state index in [1.54, 1.807) is 0 Å². The van der Waals surface area contributed by atoms with Gasteiger partial charge >= 0.3 is 6.03 Å². The lowest BCUT2D eigenvalue weighted by molar-refractivity contribution is -0.0682. The summed E-state index contributed by atoms with van der Waals surface area (Å²) in [6.07, 6.45) is 8.14. The molecule has 1 unspecified atom stereocenters. The molecule has 5 heteroatoms. The number of amides is 2. The minimum absolute atomic E-state index is 0.128. The quantitative estimate of drug-likeness (QED) is 0.701. The molecule has 1 aromatic carbocycles. The van der Waals surface area contributed by atoms with Gasteiger partial charge in [0.1, 0.15) is 0 Å². The van der Waals surface area contributed by atoms with Gasteiger partial charge < -0.3 is 20.1 Å². The summed E-state index contributed by atoms with van der Waals surface area (Å²) in [4.78, 5) is 12.4. The zero-order valence-electron chi connectivity index (χ0n) is 16.5. The van der Waals surface area contributed by atoms with E-state index in [-0.39, 0.29) is 18.8 Å². The SMILES string of the molecule is CCOc1ccccc1OCNC(=O)NC(C)C12CC3CC(CC(C3)C1)C2. The van der Waals surface area contributed by atoms with Crippen LogP contribution in [-0.2, 0) is 0 Å². The Hall–Kier alpha value is -1.91. The molecule has 2 amide bonds. The first-order valence-electron chi connectivity index (χ1n) is 10.5. The number of hydrogen-bond acceptors (Lipinski definition) is 3. The van der Waals surface area contributed by atoms with Crippen LogP contribution in [-0.4, -0.2) is 25.4 Å². The molecule has 1 aromatic rings. The van der Waals surface area contributed by atoms with Crippen LogP contribution in [0.15, 0.2) is 24.3 Å². The van der Waals surface area contributed by atoms with Crippen LogP contribution in [0.4, 0.5) is 4.79 Å². The van der Waals surface area contributed by atoms with Crippen LogP contribution in [0.1, 0.15) is 52.4 Å². The standard InChI is InChI=1S/C22H32N2O3/c1-3-26-19-6-4-5-7-20(19)27-14-23-21(25)24-15(2)22-11-16-8-17(12-22)10-18(9-16)13-22/h4-7,15-18H,3,8-14H2,1-2H3,(H2,23,24,25). The van der Waals surface area contributed by atoms with Gasteiger partial charge in [-0.1, -0.05) is 12.1 Å². The molecule has 1 atom stereocenters. The van der Waals surface area contributed by atoms with E-state index in [0.717, 1.165) is 17.8 Å². The average molecular weight is 373 g/mol. The van der Waals surface area contributed by atoms with E-state index in [1.165, 1.54) is 38.5 Å². The molecule has 5 rings (SSSR count). The minimum Gasteiger partial charge on any atom is -0.490 e. The predicted octanol–water partition coefficient (Wildman–Crippen LogP) is 4.33. The molecule has 4 saturated carbocycles. The van der Waals surface area contributed by atoms with E-state index in [9.17, 15) is 4.79 Å². The summed E-state index contributed by atoms with van der Waals surface area (Å²) in [5.74, 6) is 4.02. The Morgan fingerprint density at radius 1 is 1.07 bits per heavy atom. The molecule has 0 aromatic heterocycles. The smallest absolute Gasteiger partial charge is 0.317 e. The van der Waals surface area contributed by atoms with Gasteiger partial charge in [0.25, 0.3) is 0 Å². The molecule has 4 fully saturated rings. The fraction of sp³-hybridized carbons (Fsp3) is 0.682. The van der Waals surface area contributed by atoms with E-state index in [2.05, 4.69) is 17.6 Å². The van der Waals surface area contributed by atoms with Crippen molar-refractivity contribution in [2.45, 2.75) is 58.4 Å². The van der Waals surface area contributed by atoms with Gasteiger partial charge in [0.05, 0.1) is 6.61 Å². The second-order valence-corrected chi connectivity index (χ2v) is 8.82. The topological polar surface area (TPSA) is 59.6 Å². The summed E-state index contributed by atoms with van der Waals surface area (Å²) in [6.45, 7) is 4.84. The third-order valence-electron chi connectivity index (χ3n) is 6.96. The lowest BCUT2D eigenvalue weighted by Gasteiger charge is -2.59. The number of hydrogen-bond donors (Lipinski definition) is 2. The van der Waals surface area contributed by atoms with E-state index in [0.29, 0.717) is 23.5 Å². The average Bonchev–Trinajstić information content (AvgIpc) is 2.62. The molecule has 0 radical (unpaired) electrons. The number of carbonyl (C=O) groups excluding carboxylic acids is 1. The molecular weight excluding hydrogens is 340 g/mol. The highest BCUT2D eigenvalue weighted by Gasteiger charge is 2.53. The van der Waals surface area contributed by atoms with Gasteiger partial charge in [-0.25, -0.2) is 4.79 Å². The lowest BCUT2D eigenvalue weighted by atomic mass is 9.48. The molecule has 4 bridgehead atoms. The van der Waals surface area contributed by atoms with Crippen molar-refractivity contribution in [2.24, 2.45) is 23.2 Å². The number of carbonyl (C=O) groups is 1. The van der Waals surface area contributed by atoms with Gasteiger partial charge in [-0.2, -0.15) is 0 Å². The molecule has 2 N–H and O–H groups in total. The highest BCUT2D eigenvalue weighted by atomic mass is 16.5. The van der Waals surface area contributed by atoms with E-state index >= 15 is 0 Å². The number of benzene rings is 1. The van der Waals surface area contributed by atoms with Crippen molar-refractivity contribution < 1.29 is 14.3 Å². The molecule has 148 valence electrons. The van der Waals surface area contributed by atoms with Crippen LogP contribution in [0.25, 0.3) is 0 Å². The van der Waals surface area contributed by atoms with E-state index in [4.69, 9.17) is 9.47 Å². The van der Waals surface area contributed by atoms with Crippen LogP contribution < -0.4 is 20.1 Å². The van der Waals surface area contributed by atoms with Crippen molar-refractivity contribution in [1.29, 1.82) is 0 Å². The molecule has 27 heavy (non-hydrogen) atoms. The fourth-order valence-electron chi connectivity index (χ4n) is 6.13. The minimum atomic E-state index is -0.146. The maximum absolute atomic E-state index is 12.4. The third kappa shape index (κ3) is 3.87. The largest absolute Gasteiger partial charge is 0.490 e. The molecule has 0 spiro atoms.